The Labute approximate surface area is 175 Å². The van der Waals surface area contributed by atoms with Crippen molar-refractivity contribution in [3.8, 4) is 0 Å². The third kappa shape index (κ3) is 3.06. The summed E-state index contributed by atoms with van der Waals surface area (Å²) >= 11 is 0. The molecule has 1 amide bonds. The van der Waals surface area contributed by atoms with E-state index in [-0.39, 0.29) is 5.91 Å². The zero-order valence-corrected chi connectivity index (χ0v) is 17.8. The van der Waals surface area contributed by atoms with Crippen molar-refractivity contribution in [2.75, 3.05) is 18.9 Å². The fourth-order valence-corrected chi connectivity index (χ4v) is 4.63. The lowest BCUT2D eigenvalue weighted by molar-refractivity contribution is 0.102. The molecule has 4 heterocycles. The molecule has 7 nitrogen and oxygen atoms in total. The van der Waals surface area contributed by atoms with Crippen LogP contribution in [-0.2, 0) is 7.05 Å². The van der Waals surface area contributed by atoms with Crippen molar-refractivity contribution < 1.29 is 4.79 Å². The van der Waals surface area contributed by atoms with Crippen molar-refractivity contribution in [1.29, 1.82) is 0 Å². The summed E-state index contributed by atoms with van der Waals surface area (Å²) in [5.41, 5.74) is 5.61. The molecule has 3 aromatic heterocycles. The summed E-state index contributed by atoms with van der Waals surface area (Å²) in [6.07, 6.45) is 2.38. The highest BCUT2D eigenvalue weighted by molar-refractivity contribution is 6.06. The second kappa shape index (κ2) is 6.95. The molecule has 1 fully saturated rings. The molecule has 1 saturated heterocycles. The van der Waals surface area contributed by atoms with Crippen molar-refractivity contribution in [2.24, 2.45) is 7.05 Å². The third-order valence-corrected chi connectivity index (χ3v) is 6.25. The van der Waals surface area contributed by atoms with Gasteiger partial charge in [-0.3, -0.25) is 14.4 Å². The number of pyridine rings is 1. The molecule has 1 aliphatic rings. The number of benzene rings is 1. The number of likely N-dealkylation sites (tertiary alicyclic amines) is 1. The molecule has 0 radical (unpaired) electrons. The lowest BCUT2D eigenvalue weighted by Gasteiger charge is -2.17. The fourth-order valence-electron chi connectivity index (χ4n) is 4.63. The summed E-state index contributed by atoms with van der Waals surface area (Å²) in [6, 6.07) is 10.2. The van der Waals surface area contributed by atoms with Crippen LogP contribution in [0.3, 0.4) is 0 Å². The van der Waals surface area contributed by atoms with Crippen LogP contribution < -0.4 is 5.32 Å². The van der Waals surface area contributed by atoms with Gasteiger partial charge in [-0.15, -0.1) is 0 Å². The molecule has 30 heavy (non-hydrogen) atoms. The Bertz CT molecular complexity index is 1280. The molecule has 154 valence electrons. The van der Waals surface area contributed by atoms with Gasteiger partial charge in [0.15, 0.2) is 0 Å². The lowest BCUT2D eigenvalue weighted by atomic mass is 10.1. The van der Waals surface area contributed by atoms with Crippen molar-refractivity contribution in [2.45, 2.75) is 32.7 Å². The number of aryl methyl sites for hydroxylation is 3. The molecular weight excluding hydrogens is 376 g/mol. The molecule has 7 heteroatoms. The van der Waals surface area contributed by atoms with Gasteiger partial charge in [-0.2, -0.15) is 5.10 Å². The molecule has 1 aliphatic heterocycles. The Morgan fingerprint density at radius 2 is 1.97 bits per heavy atom. The second-order valence-electron chi connectivity index (χ2n) is 8.31. The first kappa shape index (κ1) is 18.8. The number of rotatable bonds is 3. The molecule has 0 unspecified atom stereocenters. The van der Waals surface area contributed by atoms with Crippen LogP contribution in [-0.4, -0.2) is 44.1 Å². The highest BCUT2D eigenvalue weighted by Crippen LogP contribution is 2.33. The summed E-state index contributed by atoms with van der Waals surface area (Å²) in [7, 11) is 4.06. The molecule has 1 atom stereocenters. The topological polar surface area (TPSA) is 78.8 Å². The molecule has 4 aromatic rings. The van der Waals surface area contributed by atoms with Crippen molar-refractivity contribution in [3.63, 3.8) is 0 Å². The van der Waals surface area contributed by atoms with Crippen LogP contribution in [0.4, 0.5) is 5.82 Å². The van der Waals surface area contributed by atoms with Crippen LogP contribution in [0.1, 0.15) is 46.3 Å². The minimum absolute atomic E-state index is 0.177. The third-order valence-electron chi connectivity index (χ3n) is 6.25. The second-order valence-corrected chi connectivity index (χ2v) is 8.31. The molecule has 0 spiro atoms. The van der Waals surface area contributed by atoms with Crippen LogP contribution in [0.25, 0.3) is 21.8 Å². The minimum Gasteiger partial charge on any atom is -0.357 e. The van der Waals surface area contributed by atoms with Crippen LogP contribution in [0, 0.1) is 13.8 Å². The van der Waals surface area contributed by atoms with Gasteiger partial charge in [-0.25, -0.2) is 4.98 Å². The van der Waals surface area contributed by atoms with Gasteiger partial charge < -0.3 is 10.3 Å². The number of H-pyrrole nitrogens is 1. The molecule has 0 saturated carbocycles. The predicted octanol–water partition coefficient (Wildman–Crippen LogP) is 4.09. The van der Waals surface area contributed by atoms with Gasteiger partial charge in [-0.1, -0.05) is 6.07 Å². The normalized spacial score (nSPS) is 17.3. The lowest BCUT2D eigenvalue weighted by Crippen LogP contribution is -2.17. The van der Waals surface area contributed by atoms with Gasteiger partial charge in [-0.05, 0) is 58.5 Å². The number of nitrogens with zero attached hydrogens (tertiary/aromatic N) is 4. The first-order valence-corrected chi connectivity index (χ1v) is 10.4. The molecule has 0 aliphatic carbocycles. The summed E-state index contributed by atoms with van der Waals surface area (Å²) in [4.78, 5) is 23.4. The number of amides is 1. The van der Waals surface area contributed by atoms with Gasteiger partial charge >= 0.3 is 0 Å². The molecule has 2 N–H and O–H groups in total. The fraction of sp³-hybridized carbons (Fsp3) is 0.348. The zero-order valence-electron chi connectivity index (χ0n) is 17.8. The number of carbonyl (C=O) groups is 1. The van der Waals surface area contributed by atoms with E-state index >= 15 is 0 Å². The molecular formula is C23H26N6O. The first-order chi connectivity index (χ1) is 14.4. The van der Waals surface area contributed by atoms with E-state index in [1.54, 1.807) is 4.68 Å². The Balaban J connectivity index is 1.44. The highest BCUT2D eigenvalue weighted by atomic mass is 16.1. The average molecular weight is 403 g/mol. The number of hydrogen-bond donors (Lipinski definition) is 2. The van der Waals surface area contributed by atoms with E-state index in [4.69, 9.17) is 0 Å². The van der Waals surface area contributed by atoms with Crippen molar-refractivity contribution in [3.05, 3.63) is 53.0 Å². The summed E-state index contributed by atoms with van der Waals surface area (Å²) in [5.74, 6) is 0.378. The number of carbonyl (C=O) groups excluding carboxylic acids is 1. The SMILES string of the molecule is Cc1nc(NC(=O)c2ccc3c(C)nn(C)c3c2)cc2[nH]c([C@H]3CCCN3C)cc12. The number of aromatic amines is 1. The maximum absolute atomic E-state index is 12.9. The van der Waals surface area contributed by atoms with E-state index in [1.165, 1.54) is 12.1 Å². The minimum atomic E-state index is -0.177. The van der Waals surface area contributed by atoms with E-state index in [9.17, 15) is 4.79 Å². The van der Waals surface area contributed by atoms with Crippen molar-refractivity contribution in [1.82, 2.24) is 24.6 Å². The number of hydrogen-bond acceptors (Lipinski definition) is 4. The monoisotopic (exact) mass is 402 g/mol. The van der Waals surface area contributed by atoms with Crippen LogP contribution in [0.15, 0.2) is 30.3 Å². The van der Waals surface area contributed by atoms with E-state index < -0.39 is 0 Å². The molecule has 1 aromatic carbocycles. The predicted molar refractivity (Wildman–Crippen MR) is 119 cm³/mol. The maximum atomic E-state index is 12.9. The summed E-state index contributed by atoms with van der Waals surface area (Å²) < 4.78 is 1.80. The van der Waals surface area contributed by atoms with Crippen molar-refractivity contribution >= 4 is 33.5 Å². The Hall–Kier alpha value is -3.19. The Kier molecular flexibility index (Phi) is 4.36. The zero-order chi connectivity index (χ0) is 21.0. The van der Waals surface area contributed by atoms with Crippen LogP contribution in [0.5, 0.6) is 0 Å². The van der Waals surface area contributed by atoms with Gasteiger partial charge in [0, 0.05) is 46.9 Å². The van der Waals surface area contributed by atoms with E-state index in [2.05, 4.69) is 38.4 Å². The number of nitrogens with one attached hydrogen (secondary N) is 2. The Morgan fingerprint density at radius 3 is 2.73 bits per heavy atom. The summed E-state index contributed by atoms with van der Waals surface area (Å²) in [5, 5.41) is 9.55. The first-order valence-electron chi connectivity index (χ1n) is 10.4. The number of fused-ring (bicyclic) bond motifs is 2. The standard InChI is InChI=1S/C23H26N6O/c1-13-17-11-19(20-6-5-9-28(20)3)25-18(17)12-22(24-13)26-23(30)15-7-8-16-14(2)27-29(4)21(16)10-15/h7-8,10-12,20,25H,5-6,9H2,1-4H3,(H,24,26,30)/t20-/m1/s1. The number of aromatic nitrogens is 4. The highest BCUT2D eigenvalue weighted by Gasteiger charge is 2.24. The van der Waals surface area contributed by atoms with E-state index in [1.807, 2.05) is 45.2 Å². The van der Waals surface area contributed by atoms with E-state index in [0.29, 0.717) is 17.4 Å². The Morgan fingerprint density at radius 1 is 1.13 bits per heavy atom. The van der Waals surface area contributed by atoms with Gasteiger partial charge in [0.25, 0.3) is 5.91 Å². The maximum Gasteiger partial charge on any atom is 0.256 e. The van der Waals surface area contributed by atoms with E-state index in [0.717, 1.165) is 46.2 Å². The van der Waals surface area contributed by atoms with Gasteiger partial charge in [0.1, 0.15) is 5.82 Å². The van der Waals surface area contributed by atoms with Gasteiger partial charge in [0.2, 0.25) is 0 Å². The smallest absolute Gasteiger partial charge is 0.256 e. The quantitative estimate of drug-likeness (QED) is 0.541. The number of anilines is 1. The van der Waals surface area contributed by atoms with Crippen LogP contribution >= 0.6 is 0 Å². The van der Waals surface area contributed by atoms with Crippen LogP contribution in [0.2, 0.25) is 0 Å². The molecule has 0 bridgehead atoms. The molecule has 5 rings (SSSR count). The largest absolute Gasteiger partial charge is 0.357 e. The van der Waals surface area contributed by atoms with Gasteiger partial charge in [0.05, 0.1) is 16.7 Å². The summed E-state index contributed by atoms with van der Waals surface area (Å²) in [6.45, 7) is 5.08. The average Bonchev–Trinajstić information content (AvgIpc) is 3.39.